The second kappa shape index (κ2) is 10.1. The van der Waals surface area contributed by atoms with E-state index < -0.39 is 9.84 Å². The minimum absolute atomic E-state index is 0.0503. The SMILES string of the molecule is CCN(CC)C(CNC(=O)c1ccc(Cl)c(S(C)(=O)=O)c1)c1cccc(OC)c1. The van der Waals surface area contributed by atoms with Crippen molar-refractivity contribution in [1.29, 1.82) is 0 Å². The van der Waals surface area contributed by atoms with Crippen LogP contribution in [-0.2, 0) is 9.84 Å². The number of hydrogen-bond donors (Lipinski definition) is 1. The summed E-state index contributed by atoms with van der Waals surface area (Å²) in [5.41, 5.74) is 1.28. The molecule has 1 N–H and O–H groups in total. The molecule has 158 valence electrons. The quantitative estimate of drug-likeness (QED) is 0.647. The predicted molar refractivity (Wildman–Crippen MR) is 116 cm³/mol. The number of ether oxygens (including phenoxy) is 1. The number of carbonyl (C=O) groups excluding carboxylic acids is 1. The van der Waals surface area contributed by atoms with E-state index >= 15 is 0 Å². The Morgan fingerprint density at radius 2 is 1.86 bits per heavy atom. The fourth-order valence-electron chi connectivity index (χ4n) is 3.19. The van der Waals surface area contributed by atoms with Crippen LogP contribution in [0.5, 0.6) is 5.75 Å². The molecule has 8 heteroatoms. The molecule has 1 amide bonds. The van der Waals surface area contributed by atoms with Gasteiger partial charge in [-0.2, -0.15) is 0 Å². The number of halogens is 1. The molecule has 0 saturated carbocycles. The zero-order valence-corrected chi connectivity index (χ0v) is 18.7. The van der Waals surface area contributed by atoms with Crippen molar-refractivity contribution in [2.75, 3.05) is 33.0 Å². The standard InChI is InChI=1S/C21H27ClN2O4S/c1-5-24(6-2)19(15-8-7-9-17(12-15)28-3)14-23-21(25)16-10-11-18(22)20(13-16)29(4,26)27/h7-13,19H,5-6,14H2,1-4H3,(H,23,25). The van der Waals surface area contributed by atoms with Gasteiger partial charge in [-0.15, -0.1) is 0 Å². The maximum atomic E-state index is 12.7. The summed E-state index contributed by atoms with van der Waals surface area (Å²) in [6.07, 6.45) is 1.06. The zero-order chi connectivity index (χ0) is 21.6. The van der Waals surface area contributed by atoms with Gasteiger partial charge in [0.1, 0.15) is 5.75 Å². The van der Waals surface area contributed by atoms with Crippen molar-refractivity contribution in [1.82, 2.24) is 10.2 Å². The summed E-state index contributed by atoms with van der Waals surface area (Å²) in [5, 5.41) is 3.02. The number of likely N-dealkylation sites (N-methyl/N-ethyl adjacent to an activating group) is 1. The molecule has 2 rings (SSSR count). The number of carbonyl (C=O) groups is 1. The highest BCUT2D eigenvalue weighted by molar-refractivity contribution is 7.90. The lowest BCUT2D eigenvalue weighted by Crippen LogP contribution is -2.38. The van der Waals surface area contributed by atoms with Gasteiger partial charge in [0, 0.05) is 18.4 Å². The molecule has 2 aromatic rings. The van der Waals surface area contributed by atoms with Crippen LogP contribution in [0.1, 0.15) is 35.8 Å². The lowest BCUT2D eigenvalue weighted by molar-refractivity contribution is 0.0934. The first-order valence-electron chi connectivity index (χ1n) is 9.37. The molecule has 1 unspecified atom stereocenters. The molecule has 0 aromatic heterocycles. The van der Waals surface area contributed by atoms with Gasteiger partial charge in [-0.25, -0.2) is 8.42 Å². The van der Waals surface area contributed by atoms with Crippen molar-refractivity contribution < 1.29 is 17.9 Å². The third-order valence-corrected chi connectivity index (χ3v) is 6.36. The van der Waals surface area contributed by atoms with Crippen LogP contribution in [0.25, 0.3) is 0 Å². The first kappa shape index (κ1) is 23.2. The van der Waals surface area contributed by atoms with Gasteiger partial charge in [0.25, 0.3) is 5.91 Å². The van der Waals surface area contributed by atoms with Crippen LogP contribution >= 0.6 is 11.6 Å². The van der Waals surface area contributed by atoms with E-state index in [-0.39, 0.29) is 27.4 Å². The molecule has 0 heterocycles. The highest BCUT2D eigenvalue weighted by atomic mass is 35.5. The number of rotatable bonds is 9. The van der Waals surface area contributed by atoms with Crippen molar-refractivity contribution in [3.8, 4) is 5.75 Å². The molecule has 29 heavy (non-hydrogen) atoms. The zero-order valence-electron chi connectivity index (χ0n) is 17.1. The number of methoxy groups -OCH3 is 1. The molecule has 6 nitrogen and oxygen atoms in total. The molecule has 0 bridgehead atoms. The van der Waals surface area contributed by atoms with Crippen molar-refractivity contribution in [3.05, 3.63) is 58.6 Å². The van der Waals surface area contributed by atoms with Crippen LogP contribution in [-0.4, -0.2) is 52.2 Å². The Labute approximate surface area is 177 Å². The monoisotopic (exact) mass is 438 g/mol. The van der Waals surface area contributed by atoms with Gasteiger partial charge in [0.15, 0.2) is 9.84 Å². The smallest absolute Gasteiger partial charge is 0.251 e. The molecule has 0 saturated heterocycles. The van der Waals surface area contributed by atoms with Crippen molar-refractivity contribution in [2.24, 2.45) is 0 Å². The van der Waals surface area contributed by atoms with Crippen molar-refractivity contribution in [2.45, 2.75) is 24.8 Å². The van der Waals surface area contributed by atoms with Gasteiger partial charge in [0.05, 0.1) is 23.1 Å². The molecular weight excluding hydrogens is 412 g/mol. The second-order valence-electron chi connectivity index (χ2n) is 6.64. The van der Waals surface area contributed by atoms with E-state index in [4.69, 9.17) is 16.3 Å². The number of benzene rings is 2. The number of hydrogen-bond acceptors (Lipinski definition) is 5. The van der Waals surface area contributed by atoms with Crippen LogP contribution in [0.2, 0.25) is 5.02 Å². The lowest BCUT2D eigenvalue weighted by atomic mass is 10.0. The van der Waals surface area contributed by atoms with Gasteiger partial charge >= 0.3 is 0 Å². The maximum Gasteiger partial charge on any atom is 0.251 e. The molecule has 0 fully saturated rings. The van der Waals surface area contributed by atoms with E-state index in [1.54, 1.807) is 7.11 Å². The Bertz CT molecular complexity index is 959. The van der Waals surface area contributed by atoms with Gasteiger partial charge in [-0.1, -0.05) is 37.6 Å². The summed E-state index contributed by atoms with van der Waals surface area (Å²) in [5.74, 6) is 0.396. The third-order valence-electron chi connectivity index (χ3n) is 4.78. The van der Waals surface area contributed by atoms with Crippen LogP contribution in [0.15, 0.2) is 47.4 Å². The summed E-state index contributed by atoms with van der Waals surface area (Å²) >= 11 is 5.97. The fourth-order valence-corrected chi connectivity index (χ4v) is 4.49. The first-order valence-corrected chi connectivity index (χ1v) is 11.6. The van der Waals surface area contributed by atoms with Gasteiger partial charge in [-0.05, 0) is 49.0 Å². The molecular formula is C21H27ClN2O4S. The molecule has 0 aliphatic heterocycles. The highest BCUT2D eigenvalue weighted by Gasteiger charge is 2.21. The molecule has 0 spiro atoms. The summed E-state index contributed by atoms with van der Waals surface area (Å²) in [4.78, 5) is 14.9. The van der Waals surface area contributed by atoms with E-state index in [1.807, 2.05) is 24.3 Å². The van der Waals surface area contributed by atoms with Gasteiger partial charge in [0.2, 0.25) is 0 Å². The molecule has 0 radical (unpaired) electrons. The van der Waals surface area contributed by atoms with Gasteiger partial charge in [-0.3, -0.25) is 9.69 Å². The Kier molecular flexibility index (Phi) is 8.07. The summed E-state index contributed by atoms with van der Waals surface area (Å²) in [6.45, 7) is 6.12. The van der Waals surface area contributed by atoms with Crippen LogP contribution in [0, 0.1) is 0 Å². The predicted octanol–water partition coefficient (Wildman–Crippen LogP) is 3.57. The maximum absolute atomic E-state index is 12.7. The Balaban J connectivity index is 2.26. The van der Waals surface area contributed by atoms with E-state index in [9.17, 15) is 13.2 Å². The number of amides is 1. The first-order chi connectivity index (χ1) is 13.7. The van der Waals surface area contributed by atoms with Crippen LogP contribution in [0.3, 0.4) is 0 Å². The molecule has 2 aromatic carbocycles. The van der Waals surface area contributed by atoms with Crippen LogP contribution < -0.4 is 10.1 Å². The summed E-state index contributed by atoms with van der Waals surface area (Å²) < 4.78 is 29.1. The largest absolute Gasteiger partial charge is 0.497 e. The minimum atomic E-state index is -3.53. The van der Waals surface area contributed by atoms with Crippen molar-refractivity contribution >= 4 is 27.3 Å². The van der Waals surface area contributed by atoms with Gasteiger partial charge < -0.3 is 10.1 Å². The van der Waals surface area contributed by atoms with E-state index in [0.29, 0.717) is 6.54 Å². The normalized spacial score (nSPS) is 12.6. The third kappa shape index (κ3) is 5.95. The topological polar surface area (TPSA) is 75.7 Å². The van der Waals surface area contributed by atoms with Crippen molar-refractivity contribution in [3.63, 3.8) is 0 Å². The molecule has 0 aliphatic carbocycles. The Morgan fingerprint density at radius 1 is 1.17 bits per heavy atom. The second-order valence-corrected chi connectivity index (χ2v) is 9.03. The molecule has 0 aliphatic rings. The number of nitrogens with zero attached hydrogens (tertiary/aromatic N) is 1. The Hall–Kier alpha value is -2.09. The highest BCUT2D eigenvalue weighted by Crippen LogP contribution is 2.25. The average Bonchev–Trinajstić information content (AvgIpc) is 2.70. The average molecular weight is 439 g/mol. The summed E-state index contributed by atoms with van der Waals surface area (Å²) in [7, 11) is -1.91. The minimum Gasteiger partial charge on any atom is -0.497 e. The van der Waals surface area contributed by atoms with Crippen LogP contribution in [0.4, 0.5) is 0 Å². The number of sulfone groups is 1. The van der Waals surface area contributed by atoms with E-state index in [0.717, 1.165) is 30.7 Å². The van der Waals surface area contributed by atoms with E-state index in [1.165, 1.54) is 18.2 Å². The summed E-state index contributed by atoms with van der Waals surface area (Å²) in [6, 6.07) is 12.0. The fraction of sp³-hybridized carbons (Fsp3) is 0.381. The molecule has 1 atom stereocenters. The van der Waals surface area contributed by atoms with E-state index in [2.05, 4.69) is 24.1 Å². The Morgan fingerprint density at radius 3 is 2.45 bits per heavy atom. The number of nitrogens with one attached hydrogen (secondary N) is 1. The lowest BCUT2D eigenvalue weighted by Gasteiger charge is -2.30.